The highest BCUT2D eigenvalue weighted by Gasteiger charge is 2.15. The first-order chi connectivity index (χ1) is 6.68. The molecule has 1 aromatic carbocycles. The highest BCUT2D eigenvalue weighted by molar-refractivity contribution is 6.31. The van der Waals surface area contributed by atoms with E-state index in [9.17, 15) is 4.79 Å². The number of carboxylic acid groups (broad SMARTS) is 1. The molecule has 0 radical (unpaired) electrons. The Hall–Kier alpha value is -1.06. The number of nitrogens with one attached hydrogen (secondary N) is 1. The Morgan fingerprint density at radius 1 is 1.50 bits per heavy atom. The number of halogens is 1. The van der Waals surface area contributed by atoms with Crippen LogP contribution in [0.15, 0.2) is 12.1 Å². The largest absolute Gasteiger partial charge is 0.478 e. The molecule has 2 rings (SSSR count). The van der Waals surface area contributed by atoms with Crippen molar-refractivity contribution in [3.63, 3.8) is 0 Å². The lowest BCUT2D eigenvalue weighted by Crippen LogP contribution is -2.24. The lowest BCUT2D eigenvalue weighted by atomic mass is 9.98. The summed E-state index contributed by atoms with van der Waals surface area (Å²) in [6.45, 7) is 1.61. The van der Waals surface area contributed by atoms with E-state index in [1.165, 1.54) is 6.07 Å². The predicted molar refractivity (Wildman–Crippen MR) is 53.8 cm³/mol. The molecule has 0 spiro atoms. The average molecular weight is 212 g/mol. The Morgan fingerprint density at radius 3 is 3.00 bits per heavy atom. The van der Waals surface area contributed by atoms with E-state index in [4.69, 9.17) is 16.7 Å². The molecule has 0 saturated carbocycles. The van der Waals surface area contributed by atoms with E-state index in [1.807, 2.05) is 0 Å². The highest BCUT2D eigenvalue weighted by atomic mass is 35.5. The fourth-order valence-electron chi connectivity index (χ4n) is 1.67. The van der Waals surface area contributed by atoms with Gasteiger partial charge >= 0.3 is 5.97 Å². The van der Waals surface area contributed by atoms with E-state index in [-0.39, 0.29) is 5.56 Å². The van der Waals surface area contributed by atoms with Crippen LogP contribution in [0.5, 0.6) is 0 Å². The second-order valence-electron chi connectivity index (χ2n) is 3.33. The number of rotatable bonds is 1. The van der Waals surface area contributed by atoms with Crippen LogP contribution in [-0.4, -0.2) is 17.6 Å². The van der Waals surface area contributed by atoms with Crippen molar-refractivity contribution in [2.75, 3.05) is 6.54 Å². The van der Waals surface area contributed by atoms with Crippen molar-refractivity contribution in [3.8, 4) is 0 Å². The molecule has 14 heavy (non-hydrogen) atoms. The quantitative estimate of drug-likeness (QED) is 0.743. The van der Waals surface area contributed by atoms with E-state index in [0.29, 0.717) is 5.02 Å². The topological polar surface area (TPSA) is 49.3 Å². The Bertz CT molecular complexity index is 390. The maximum atomic E-state index is 10.8. The summed E-state index contributed by atoms with van der Waals surface area (Å²) < 4.78 is 0. The van der Waals surface area contributed by atoms with Crippen molar-refractivity contribution < 1.29 is 9.90 Å². The molecule has 0 unspecified atom stereocenters. The lowest BCUT2D eigenvalue weighted by molar-refractivity contribution is 0.0696. The molecule has 2 N–H and O–H groups in total. The summed E-state index contributed by atoms with van der Waals surface area (Å²) in [4.78, 5) is 10.8. The summed E-state index contributed by atoms with van der Waals surface area (Å²) in [5.74, 6) is -0.923. The normalized spacial score (nSPS) is 14.9. The van der Waals surface area contributed by atoms with Gasteiger partial charge in [-0.05, 0) is 36.2 Å². The number of benzene rings is 1. The smallest absolute Gasteiger partial charge is 0.335 e. The highest BCUT2D eigenvalue weighted by Crippen LogP contribution is 2.25. The van der Waals surface area contributed by atoms with Crippen LogP contribution in [0, 0.1) is 0 Å². The molecular formula is C10H10ClNO2. The van der Waals surface area contributed by atoms with Crippen LogP contribution in [0.4, 0.5) is 0 Å². The molecule has 0 fully saturated rings. The second kappa shape index (κ2) is 3.59. The van der Waals surface area contributed by atoms with Gasteiger partial charge in [-0.3, -0.25) is 0 Å². The van der Waals surface area contributed by atoms with Crippen LogP contribution in [0.1, 0.15) is 21.5 Å². The van der Waals surface area contributed by atoms with Gasteiger partial charge in [0.2, 0.25) is 0 Å². The first-order valence-electron chi connectivity index (χ1n) is 4.44. The van der Waals surface area contributed by atoms with E-state index in [2.05, 4.69) is 5.32 Å². The van der Waals surface area contributed by atoms with Crippen LogP contribution in [0.25, 0.3) is 0 Å². The third-order valence-electron chi connectivity index (χ3n) is 2.41. The maximum absolute atomic E-state index is 10.8. The molecule has 0 aromatic heterocycles. The van der Waals surface area contributed by atoms with E-state index in [1.54, 1.807) is 6.07 Å². The minimum atomic E-state index is -0.923. The minimum Gasteiger partial charge on any atom is -0.478 e. The third kappa shape index (κ3) is 1.61. The molecule has 3 nitrogen and oxygen atoms in total. The lowest BCUT2D eigenvalue weighted by Gasteiger charge is -2.18. The van der Waals surface area contributed by atoms with Gasteiger partial charge in [0.1, 0.15) is 0 Å². The fraction of sp³-hybridized carbons (Fsp3) is 0.300. The molecule has 0 bridgehead atoms. The molecule has 0 amide bonds. The number of carbonyl (C=O) groups is 1. The zero-order valence-corrected chi connectivity index (χ0v) is 8.27. The number of hydrogen-bond acceptors (Lipinski definition) is 2. The molecule has 0 atom stereocenters. The Morgan fingerprint density at radius 2 is 2.29 bits per heavy atom. The number of fused-ring (bicyclic) bond motifs is 1. The van der Waals surface area contributed by atoms with Gasteiger partial charge in [0.05, 0.1) is 5.56 Å². The van der Waals surface area contributed by atoms with Gasteiger partial charge in [-0.2, -0.15) is 0 Å². The van der Waals surface area contributed by atoms with Gasteiger partial charge < -0.3 is 10.4 Å². The fourth-order valence-corrected chi connectivity index (χ4v) is 1.98. The Balaban J connectivity index is 2.51. The van der Waals surface area contributed by atoms with Crippen molar-refractivity contribution in [3.05, 3.63) is 33.8 Å². The van der Waals surface area contributed by atoms with E-state index < -0.39 is 5.97 Å². The molecule has 1 aromatic rings. The van der Waals surface area contributed by atoms with Crippen LogP contribution in [0.2, 0.25) is 5.02 Å². The summed E-state index contributed by atoms with van der Waals surface area (Å²) in [5, 5.41) is 12.6. The Kier molecular flexibility index (Phi) is 2.44. The summed E-state index contributed by atoms with van der Waals surface area (Å²) in [7, 11) is 0. The number of carboxylic acids is 1. The molecular weight excluding hydrogens is 202 g/mol. The molecule has 1 heterocycles. The van der Waals surface area contributed by atoms with Crippen LogP contribution in [0.3, 0.4) is 0 Å². The summed E-state index contributed by atoms with van der Waals surface area (Å²) >= 11 is 5.99. The van der Waals surface area contributed by atoms with Crippen molar-refractivity contribution in [2.45, 2.75) is 13.0 Å². The molecule has 4 heteroatoms. The third-order valence-corrected chi connectivity index (χ3v) is 2.74. The van der Waals surface area contributed by atoms with Crippen molar-refractivity contribution in [2.24, 2.45) is 0 Å². The standard InChI is InChI=1S/C10H10ClNO2/c11-9-4-7(10(13)14)3-6-1-2-12-5-8(6)9/h3-4,12H,1-2,5H2,(H,13,14). The van der Waals surface area contributed by atoms with Crippen LogP contribution in [-0.2, 0) is 13.0 Å². The van der Waals surface area contributed by atoms with Gasteiger partial charge in [0.25, 0.3) is 0 Å². The van der Waals surface area contributed by atoms with Crippen molar-refractivity contribution in [1.82, 2.24) is 5.32 Å². The van der Waals surface area contributed by atoms with E-state index in [0.717, 1.165) is 30.6 Å². The second-order valence-corrected chi connectivity index (χ2v) is 3.73. The maximum Gasteiger partial charge on any atom is 0.335 e. The van der Waals surface area contributed by atoms with Gasteiger partial charge in [-0.25, -0.2) is 4.79 Å². The van der Waals surface area contributed by atoms with Crippen molar-refractivity contribution >= 4 is 17.6 Å². The van der Waals surface area contributed by atoms with E-state index >= 15 is 0 Å². The van der Waals surface area contributed by atoms with Crippen LogP contribution >= 0.6 is 11.6 Å². The SMILES string of the molecule is O=C(O)c1cc(Cl)c2c(c1)CCNC2. The summed E-state index contributed by atoms with van der Waals surface area (Å²) in [6, 6.07) is 3.22. The average Bonchev–Trinajstić information content (AvgIpc) is 2.17. The zero-order valence-electron chi connectivity index (χ0n) is 7.51. The molecule has 1 aliphatic rings. The van der Waals surface area contributed by atoms with Gasteiger partial charge in [0.15, 0.2) is 0 Å². The van der Waals surface area contributed by atoms with Gasteiger partial charge in [-0.15, -0.1) is 0 Å². The number of aromatic carboxylic acids is 1. The summed E-state index contributed by atoms with van der Waals surface area (Å²) in [6.07, 6.45) is 0.843. The van der Waals surface area contributed by atoms with Gasteiger partial charge in [0, 0.05) is 11.6 Å². The number of hydrogen-bond donors (Lipinski definition) is 2. The van der Waals surface area contributed by atoms with Crippen molar-refractivity contribution in [1.29, 1.82) is 0 Å². The molecule has 0 saturated heterocycles. The molecule has 0 aliphatic carbocycles. The minimum absolute atomic E-state index is 0.274. The zero-order chi connectivity index (χ0) is 10.1. The van der Waals surface area contributed by atoms with Crippen LogP contribution < -0.4 is 5.32 Å². The van der Waals surface area contributed by atoms with Gasteiger partial charge in [-0.1, -0.05) is 11.6 Å². The summed E-state index contributed by atoms with van der Waals surface area (Å²) in [5.41, 5.74) is 2.35. The Labute approximate surface area is 86.7 Å². The first kappa shape index (κ1) is 9.49. The molecule has 1 aliphatic heterocycles. The monoisotopic (exact) mass is 211 g/mol. The predicted octanol–water partition coefficient (Wildman–Crippen LogP) is 1.68. The molecule has 74 valence electrons. The first-order valence-corrected chi connectivity index (χ1v) is 4.81.